The average Bonchev–Trinajstić information content (AvgIpc) is 2.27. The van der Waals surface area contributed by atoms with Gasteiger partial charge in [-0.15, -0.1) is 0 Å². The second-order valence-electron chi connectivity index (χ2n) is 3.23. The maximum absolute atomic E-state index is 10.8. The quantitative estimate of drug-likeness (QED) is 0.314. The van der Waals surface area contributed by atoms with Crippen molar-refractivity contribution >= 4 is 0 Å². The first-order valence-electron chi connectivity index (χ1n) is 4.31. The SMILES string of the molecule is O=[N+]([O-])C1([N+](=O)[O-])NCCNC1([N+](=O)[O-])[N+](=O)[O-]. The van der Waals surface area contributed by atoms with Crippen LogP contribution in [0.5, 0.6) is 0 Å². The summed E-state index contributed by atoms with van der Waals surface area (Å²) in [7, 11) is 0. The highest BCUT2D eigenvalue weighted by Crippen LogP contribution is 2.27. The Morgan fingerprint density at radius 1 is 0.667 bits per heavy atom. The van der Waals surface area contributed by atoms with E-state index in [9.17, 15) is 40.5 Å². The largest absolute Gasteiger partial charge is 0.679 e. The second-order valence-corrected chi connectivity index (χ2v) is 3.23. The molecule has 2 N–H and O–H groups in total. The highest BCUT2D eigenvalue weighted by atomic mass is 16.7. The maximum Gasteiger partial charge on any atom is 0.679 e. The Morgan fingerprint density at radius 3 is 1.06 bits per heavy atom. The highest BCUT2D eigenvalue weighted by Gasteiger charge is 2.94. The summed E-state index contributed by atoms with van der Waals surface area (Å²) in [6, 6.07) is 0. The summed E-state index contributed by atoms with van der Waals surface area (Å²) in [5.41, 5.74) is 0. The molecule has 0 spiro atoms. The van der Waals surface area contributed by atoms with Gasteiger partial charge in [0, 0.05) is 13.1 Å². The Balaban J connectivity index is 3.61. The lowest BCUT2D eigenvalue weighted by Crippen LogP contribution is -2.85. The molecule has 0 aromatic carbocycles. The first-order chi connectivity index (χ1) is 8.23. The van der Waals surface area contributed by atoms with Gasteiger partial charge in [0.1, 0.15) is 19.7 Å². The van der Waals surface area contributed by atoms with E-state index in [-0.39, 0.29) is 0 Å². The standard InChI is InChI=1S/C4H6N6O8/c11-7(12)3(8(13)14)4(9(15)16,10(17)18)6-2-1-5-3/h5-6H,1-2H2. The van der Waals surface area contributed by atoms with Crippen molar-refractivity contribution in [3.63, 3.8) is 0 Å². The van der Waals surface area contributed by atoms with Crippen LogP contribution < -0.4 is 10.6 Å². The van der Waals surface area contributed by atoms with Gasteiger partial charge in [-0.2, -0.15) is 10.6 Å². The first-order valence-corrected chi connectivity index (χ1v) is 4.31. The molecule has 0 aromatic heterocycles. The molecule has 1 rings (SSSR count). The Morgan fingerprint density at radius 2 is 0.889 bits per heavy atom. The van der Waals surface area contributed by atoms with Crippen molar-refractivity contribution < 1.29 is 19.7 Å². The molecule has 18 heavy (non-hydrogen) atoms. The van der Waals surface area contributed by atoms with E-state index < -0.39 is 44.4 Å². The molecule has 1 fully saturated rings. The zero-order chi connectivity index (χ0) is 14.1. The van der Waals surface area contributed by atoms with Crippen LogP contribution in [0.3, 0.4) is 0 Å². The van der Waals surface area contributed by atoms with E-state index >= 15 is 0 Å². The maximum atomic E-state index is 10.8. The van der Waals surface area contributed by atoms with Crippen molar-refractivity contribution in [2.24, 2.45) is 0 Å². The molecule has 1 heterocycles. The summed E-state index contributed by atoms with van der Waals surface area (Å²) < 4.78 is 0. The van der Waals surface area contributed by atoms with E-state index in [1.807, 2.05) is 0 Å². The molecule has 1 saturated heterocycles. The van der Waals surface area contributed by atoms with Gasteiger partial charge in [-0.3, -0.25) is 40.5 Å². The van der Waals surface area contributed by atoms with Gasteiger partial charge in [-0.25, -0.2) is 0 Å². The molecule has 0 saturated carbocycles. The van der Waals surface area contributed by atoms with E-state index in [0.29, 0.717) is 0 Å². The molecule has 14 heteroatoms. The van der Waals surface area contributed by atoms with Crippen LogP contribution in [0.25, 0.3) is 0 Å². The van der Waals surface area contributed by atoms with Gasteiger partial charge in [0.2, 0.25) is 0 Å². The van der Waals surface area contributed by atoms with E-state index in [1.54, 1.807) is 10.6 Å². The molecule has 14 nitrogen and oxygen atoms in total. The van der Waals surface area contributed by atoms with E-state index in [0.717, 1.165) is 0 Å². The van der Waals surface area contributed by atoms with Crippen LogP contribution in [0.1, 0.15) is 0 Å². The summed E-state index contributed by atoms with van der Waals surface area (Å²) in [5.74, 6) is -7.56. The van der Waals surface area contributed by atoms with Gasteiger partial charge < -0.3 is 0 Å². The van der Waals surface area contributed by atoms with Crippen molar-refractivity contribution in [2.75, 3.05) is 13.1 Å². The molecule has 0 bridgehead atoms. The molecule has 0 aromatic rings. The van der Waals surface area contributed by atoms with Crippen molar-refractivity contribution in [3.8, 4) is 0 Å². The van der Waals surface area contributed by atoms with Crippen LogP contribution >= 0.6 is 0 Å². The third kappa shape index (κ3) is 1.36. The number of nitrogens with one attached hydrogen (secondary N) is 2. The Bertz CT molecular complexity index is 365. The summed E-state index contributed by atoms with van der Waals surface area (Å²) >= 11 is 0. The third-order valence-electron chi connectivity index (χ3n) is 2.41. The van der Waals surface area contributed by atoms with Crippen LogP contribution in [-0.2, 0) is 0 Å². The average molecular weight is 266 g/mol. The number of nitro groups is 4. The van der Waals surface area contributed by atoms with Gasteiger partial charge >= 0.3 is 11.6 Å². The van der Waals surface area contributed by atoms with Crippen molar-refractivity contribution in [3.05, 3.63) is 40.5 Å². The fourth-order valence-corrected chi connectivity index (χ4v) is 1.62. The van der Waals surface area contributed by atoms with Gasteiger partial charge in [0.05, 0.1) is 0 Å². The molecule has 0 atom stereocenters. The fourth-order valence-electron chi connectivity index (χ4n) is 1.62. The molecule has 100 valence electrons. The minimum absolute atomic E-state index is 0.411. The highest BCUT2D eigenvalue weighted by molar-refractivity contribution is 4.86. The third-order valence-corrected chi connectivity index (χ3v) is 2.41. The second kappa shape index (κ2) is 4.08. The molecular weight excluding hydrogens is 260 g/mol. The predicted octanol–water partition coefficient (Wildman–Crippen LogP) is -2.41. The fraction of sp³-hybridized carbons (Fsp3) is 1.00. The van der Waals surface area contributed by atoms with Gasteiger partial charge in [-0.1, -0.05) is 0 Å². The molecule has 1 aliphatic rings. The van der Waals surface area contributed by atoms with Gasteiger partial charge in [0.15, 0.2) is 0 Å². The van der Waals surface area contributed by atoms with Crippen molar-refractivity contribution in [1.29, 1.82) is 0 Å². The monoisotopic (exact) mass is 266 g/mol. The van der Waals surface area contributed by atoms with Crippen LogP contribution in [0.15, 0.2) is 0 Å². The Labute approximate surface area is 96.5 Å². The first kappa shape index (κ1) is 13.6. The molecule has 0 aliphatic carbocycles. The predicted molar refractivity (Wildman–Crippen MR) is 49.4 cm³/mol. The zero-order valence-electron chi connectivity index (χ0n) is 8.47. The smallest absolute Gasteiger partial charge is 0.257 e. The van der Waals surface area contributed by atoms with Crippen LogP contribution in [0.2, 0.25) is 0 Å². The zero-order valence-corrected chi connectivity index (χ0v) is 8.47. The molecule has 0 amide bonds. The Kier molecular flexibility index (Phi) is 3.08. The topological polar surface area (TPSA) is 197 Å². The number of nitrogens with zero attached hydrogens (tertiary/aromatic N) is 4. The van der Waals surface area contributed by atoms with E-state index in [1.165, 1.54) is 0 Å². The van der Waals surface area contributed by atoms with Crippen molar-refractivity contribution in [2.45, 2.75) is 11.6 Å². The van der Waals surface area contributed by atoms with Crippen LogP contribution in [0, 0.1) is 40.5 Å². The molecule has 0 radical (unpaired) electrons. The number of piperazine rings is 1. The minimum atomic E-state index is -3.78. The summed E-state index contributed by atoms with van der Waals surface area (Å²) in [6.07, 6.45) is 0. The van der Waals surface area contributed by atoms with E-state index in [2.05, 4.69) is 0 Å². The summed E-state index contributed by atoms with van der Waals surface area (Å²) in [4.78, 5) is 36.4. The number of hydrogen-bond acceptors (Lipinski definition) is 10. The number of hydrogen-bond donors (Lipinski definition) is 2. The summed E-state index contributed by atoms with van der Waals surface area (Å²) in [6.45, 7) is -0.823. The van der Waals surface area contributed by atoms with Gasteiger partial charge in [0.25, 0.3) is 0 Å². The van der Waals surface area contributed by atoms with Crippen molar-refractivity contribution in [1.82, 2.24) is 10.6 Å². The number of rotatable bonds is 4. The van der Waals surface area contributed by atoms with Crippen LogP contribution in [-0.4, -0.2) is 44.4 Å². The summed E-state index contributed by atoms with van der Waals surface area (Å²) in [5, 5.41) is 46.5. The minimum Gasteiger partial charge on any atom is -0.257 e. The van der Waals surface area contributed by atoms with E-state index in [4.69, 9.17) is 0 Å². The van der Waals surface area contributed by atoms with Crippen LogP contribution in [0.4, 0.5) is 0 Å². The molecule has 1 aliphatic heterocycles. The normalized spacial score (nSPS) is 20.9. The lowest BCUT2D eigenvalue weighted by atomic mass is 10.1. The molecular formula is C4H6N6O8. The Hall–Kier alpha value is -2.48. The lowest BCUT2D eigenvalue weighted by molar-refractivity contribution is -0.949. The lowest BCUT2D eigenvalue weighted by Gasteiger charge is -2.27. The van der Waals surface area contributed by atoms with Gasteiger partial charge in [-0.05, 0) is 0 Å². The molecule has 0 unspecified atom stereocenters.